The third kappa shape index (κ3) is 3.53. The van der Waals surface area contributed by atoms with Gasteiger partial charge in [0.15, 0.2) is 0 Å². The smallest absolute Gasteiger partial charge is 0.330 e. The molecule has 0 aromatic heterocycles. The molecule has 1 unspecified atom stereocenters. The van der Waals surface area contributed by atoms with Crippen LogP contribution in [0, 0.1) is 0 Å². The second-order valence-electron chi connectivity index (χ2n) is 5.89. The first-order valence-electron chi connectivity index (χ1n) is 8.14. The monoisotopic (exact) mass is 356 g/mol. The Labute approximate surface area is 149 Å². The number of hydroxylamine groups is 2. The fourth-order valence-electron chi connectivity index (χ4n) is 2.94. The van der Waals surface area contributed by atoms with Gasteiger partial charge in [-0.05, 0) is 12.0 Å². The van der Waals surface area contributed by atoms with Crippen molar-refractivity contribution in [1.82, 2.24) is 9.96 Å². The molecule has 1 fully saturated rings. The molecule has 0 radical (unpaired) electrons. The summed E-state index contributed by atoms with van der Waals surface area (Å²) in [5, 5.41) is 0.381. The zero-order chi connectivity index (χ0) is 18.7. The molecule has 0 N–H and O–H groups in total. The molecule has 2 heterocycles. The summed E-state index contributed by atoms with van der Waals surface area (Å²) >= 11 is 0. The molecule has 0 bridgehead atoms. The van der Waals surface area contributed by atoms with Crippen LogP contribution >= 0.6 is 0 Å². The maximum absolute atomic E-state index is 12.1. The summed E-state index contributed by atoms with van der Waals surface area (Å²) in [6, 6.07) is 8.30. The Hall–Kier alpha value is -3.29. The highest BCUT2D eigenvalue weighted by molar-refractivity contribution is 6.12. The van der Waals surface area contributed by atoms with Crippen LogP contribution < -0.4 is 0 Å². The average Bonchev–Trinajstić information content (AvgIpc) is 3.13. The second kappa shape index (κ2) is 7.30. The van der Waals surface area contributed by atoms with Crippen LogP contribution in [0.1, 0.15) is 37.3 Å². The minimum absolute atomic E-state index is 0.129. The third-order valence-electron chi connectivity index (χ3n) is 4.17. The van der Waals surface area contributed by atoms with Crippen molar-refractivity contribution >= 4 is 29.6 Å². The van der Waals surface area contributed by atoms with Gasteiger partial charge in [0.25, 0.3) is 11.8 Å². The number of carbonyl (C=O) groups excluding carboxylic acids is 5. The van der Waals surface area contributed by atoms with Crippen molar-refractivity contribution in [2.24, 2.45) is 0 Å². The summed E-state index contributed by atoms with van der Waals surface area (Å²) in [5.41, 5.74) is 0.721. The number of nitrogens with zero attached hydrogens (tertiary/aromatic N) is 2. The van der Waals surface area contributed by atoms with Gasteiger partial charge in [0.2, 0.25) is 11.8 Å². The SMILES string of the molecule is O=C(CCC(c1ccccc1)N1C(=O)CCC1=O)ON1C(=O)C=CC1=O. The molecule has 1 aromatic rings. The maximum atomic E-state index is 12.1. The highest BCUT2D eigenvalue weighted by atomic mass is 16.7. The molecule has 2 aliphatic rings. The fraction of sp³-hybridized carbons (Fsp3) is 0.278. The van der Waals surface area contributed by atoms with Crippen LogP contribution in [0.5, 0.6) is 0 Å². The van der Waals surface area contributed by atoms with Gasteiger partial charge in [-0.2, -0.15) is 0 Å². The first-order chi connectivity index (χ1) is 12.5. The van der Waals surface area contributed by atoms with Gasteiger partial charge < -0.3 is 4.84 Å². The number of amides is 4. The second-order valence-corrected chi connectivity index (χ2v) is 5.89. The predicted molar refractivity (Wildman–Crippen MR) is 86.6 cm³/mol. The summed E-state index contributed by atoms with van der Waals surface area (Å²) < 4.78 is 0. The molecule has 0 spiro atoms. The van der Waals surface area contributed by atoms with Gasteiger partial charge in [-0.3, -0.25) is 24.1 Å². The maximum Gasteiger partial charge on any atom is 0.333 e. The molecule has 1 aromatic carbocycles. The lowest BCUT2D eigenvalue weighted by Crippen LogP contribution is -2.35. The van der Waals surface area contributed by atoms with Crippen LogP contribution in [-0.4, -0.2) is 39.6 Å². The molecule has 0 saturated carbocycles. The van der Waals surface area contributed by atoms with Gasteiger partial charge in [0, 0.05) is 25.0 Å². The summed E-state index contributed by atoms with van der Waals surface area (Å²) in [6.07, 6.45) is 2.26. The molecule has 8 nitrogen and oxygen atoms in total. The number of likely N-dealkylation sites (tertiary alicyclic amines) is 1. The van der Waals surface area contributed by atoms with Gasteiger partial charge >= 0.3 is 5.97 Å². The van der Waals surface area contributed by atoms with Gasteiger partial charge in [0.1, 0.15) is 0 Å². The molecule has 3 rings (SSSR count). The van der Waals surface area contributed by atoms with E-state index in [-0.39, 0.29) is 37.5 Å². The highest BCUT2D eigenvalue weighted by Gasteiger charge is 2.36. The van der Waals surface area contributed by atoms with Crippen molar-refractivity contribution < 1.29 is 28.8 Å². The largest absolute Gasteiger partial charge is 0.333 e. The van der Waals surface area contributed by atoms with E-state index in [0.29, 0.717) is 5.06 Å². The summed E-state index contributed by atoms with van der Waals surface area (Å²) in [7, 11) is 0. The first kappa shape index (κ1) is 17.5. The molecule has 2 aliphatic heterocycles. The zero-order valence-corrected chi connectivity index (χ0v) is 13.8. The Bertz CT molecular complexity index is 767. The average molecular weight is 356 g/mol. The Morgan fingerprint density at radius 2 is 1.54 bits per heavy atom. The fourth-order valence-corrected chi connectivity index (χ4v) is 2.94. The lowest BCUT2D eigenvalue weighted by molar-refractivity contribution is -0.196. The molecule has 1 atom stereocenters. The van der Waals surface area contributed by atoms with E-state index in [9.17, 15) is 24.0 Å². The molecule has 0 aliphatic carbocycles. The lowest BCUT2D eigenvalue weighted by atomic mass is 10.0. The van der Waals surface area contributed by atoms with Crippen LogP contribution in [0.2, 0.25) is 0 Å². The van der Waals surface area contributed by atoms with Gasteiger partial charge in [0.05, 0.1) is 12.5 Å². The van der Waals surface area contributed by atoms with E-state index in [1.807, 2.05) is 0 Å². The lowest BCUT2D eigenvalue weighted by Gasteiger charge is -2.26. The molecular formula is C18H16N2O6. The van der Waals surface area contributed by atoms with Crippen LogP contribution in [-0.2, 0) is 28.8 Å². The van der Waals surface area contributed by atoms with Crippen molar-refractivity contribution in [1.29, 1.82) is 0 Å². The van der Waals surface area contributed by atoms with E-state index in [4.69, 9.17) is 4.84 Å². The van der Waals surface area contributed by atoms with Crippen molar-refractivity contribution in [2.45, 2.75) is 31.7 Å². The summed E-state index contributed by atoms with van der Waals surface area (Å²) in [4.78, 5) is 65.0. The van der Waals surface area contributed by atoms with Crippen molar-refractivity contribution in [2.75, 3.05) is 0 Å². The molecule has 1 saturated heterocycles. The van der Waals surface area contributed by atoms with E-state index in [1.54, 1.807) is 30.3 Å². The minimum atomic E-state index is -0.796. The van der Waals surface area contributed by atoms with E-state index in [2.05, 4.69) is 0 Å². The minimum Gasteiger partial charge on any atom is -0.330 e. The number of carbonyl (C=O) groups is 5. The van der Waals surface area contributed by atoms with Crippen molar-refractivity contribution in [3.63, 3.8) is 0 Å². The number of hydrogen-bond donors (Lipinski definition) is 0. The van der Waals surface area contributed by atoms with E-state index in [0.717, 1.165) is 17.7 Å². The van der Waals surface area contributed by atoms with Crippen LogP contribution in [0.15, 0.2) is 42.5 Å². The van der Waals surface area contributed by atoms with E-state index < -0.39 is 23.8 Å². The summed E-state index contributed by atoms with van der Waals surface area (Å²) in [6.45, 7) is 0. The Morgan fingerprint density at radius 1 is 0.962 bits per heavy atom. The molecule has 134 valence electrons. The topological polar surface area (TPSA) is 101 Å². The van der Waals surface area contributed by atoms with Crippen LogP contribution in [0.25, 0.3) is 0 Å². The van der Waals surface area contributed by atoms with Gasteiger partial charge in [-0.15, -0.1) is 0 Å². The zero-order valence-electron chi connectivity index (χ0n) is 13.8. The molecule has 26 heavy (non-hydrogen) atoms. The highest BCUT2D eigenvalue weighted by Crippen LogP contribution is 2.30. The van der Waals surface area contributed by atoms with Crippen molar-refractivity contribution in [3.05, 3.63) is 48.0 Å². The number of imide groups is 2. The Balaban J connectivity index is 1.69. The van der Waals surface area contributed by atoms with E-state index in [1.165, 1.54) is 4.90 Å². The standard InChI is InChI=1S/C18H16N2O6/c21-14-7-8-15(22)19(14)13(12-4-2-1-3-5-12)6-11-18(25)26-20-16(23)9-10-17(20)24/h1-5,9-10,13H,6-8,11H2. The Kier molecular flexibility index (Phi) is 4.92. The van der Waals surface area contributed by atoms with Gasteiger partial charge in [-0.25, -0.2) is 4.79 Å². The first-order valence-corrected chi connectivity index (χ1v) is 8.14. The summed E-state index contributed by atoms with van der Waals surface area (Å²) in [5.74, 6) is -2.83. The Morgan fingerprint density at radius 3 is 2.12 bits per heavy atom. The third-order valence-corrected chi connectivity index (χ3v) is 4.17. The molecule has 4 amide bonds. The van der Waals surface area contributed by atoms with Crippen molar-refractivity contribution in [3.8, 4) is 0 Å². The molecule has 8 heteroatoms. The molecular weight excluding hydrogens is 340 g/mol. The predicted octanol–water partition coefficient (Wildman–Crippen LogP) is 1.04. The normalized spacial score (nSPS) is 18.0. The number of benzene rings is 1. The van der Waals surface area contributed by atoms with E-state index >= 15 is 0 Å². The quantitative estimate of drug-likeness (QED) is 0.706. The van der Waals surface area contributed by atoms with Gasteiger partial charge in [-0.1, -0.05) is 35.4 Å². The number of rotatable bonds is 6. The van der Waals surface area contributed by atoms with Crippen LogP contribution in [0.3, 0.4) is 0 Å². The number of hydrogen-bond acceptors (Lipinski definition) is 6. The van der Waals surface area contributed by atoms with Crippen LogP contribution in [0.4, 0.5) is 0 Å².